The van der Waals surface area contributed by atoms with Crippen LogP contribution in [0.25, 0.3) is 10.2 Å². The van der Waals surface area contributed by atoms with Crippen LogP contribution in [0.15, 0.2) is 59.7 Å². The summed E-state index contributed by atoms with van der Waals surface area (Å²) in [6, 6.07) is 14.0. The molecule has 0 aliphatic heterocycles. The molecule has 1 aliphatic carbocycles. The fourth-order valence-corrected chi connectivity index (χ4v) is 5.49. The molecule has 0 N–H and O–H groups in total. The fourth-order valence-electron chi connectivity index (χ4n) is 4.69. The van der Waals surface area contributed by atoms with Gasteiger partial charge >= 0.3 is 5.69 Å². The summed E-state index contributed by atoms with van der Waals surface area (Å²) < 4.78 is 9.95. The number of carbonyl (C=O) groups is 1. The van der Waals surface area contributed by atoms with Gasteiger partial charge in [0.05, 0.1) is 21.8 Å². The summed E-state index contributed by atoms with van der Waals surface area (Å²) in [5, 5.41) is 1.05. The summed E-state index contributed by atoms with van der Waals surface area (Å²) in [7, 11) is 0. The number of thiazole rings is 1. The Morgan fingerprint density at radius 1 is 1.09 bits per heavy atom. The first-order chi connectivity index (χ1) is 16.5. The van der Waals surface area contributed by atoms with E-state index in [1.54, 1.807) is 28.3 Å². The fraction of sp³-hybridized carbons (Fsp3) is 0.370. The first-order valence-corrected chi connectivity index (χ1v) is 12.8. The van der Waals surface area contributed by atoms with Crippen molar-refractivity contribution in [3.63, 3.8) is 0 Å². The number of ether oxygens (including phenoxy) is 1. The van der Waals surface area contributed by atoms with Crippen LogP contribution in [0, 0.1) is 12.8 Å². The third-order valence-electron chi connectivity index (χ3n) is 6.60. The Morgan fingerprint density at radius 2 is 1.85 bits per heavy atom. The predicted octanol–water partition coefficient (Wildman–Crippen LogP) is 5.81. The zero-order valence-corrected chi connectivity index (χ0v) is 20.2. The van der Waals surface area contributed by atoms with E-state index < -0.39 is 0 Å². The summed E-state index contributed by atoms with van der Waals surface area (Å²) in [6.45, 7) is 2.90. The second-order valence-electron chi connectivity index (χ2n) is 9.13. The number of fused-ring (bicyclic) bond motifs is 1. The molecule has 1 fully saturated rings. The van der Waals surface area contributed by atoms with Gasteiger partial charge < -0.3 is 4.74 Å². The van der Waals surface area contributed by atoms with E-state index in [4.69, 9.17) is 4.74 Å². The molecule has 7 heteroatoms. The van der Waals surface area contributed by atoms with Crippen molar-refractivity contribution in [2.75, 3.05) is 0 Å². The molecule has 0 bridgehead atoms. The zero-order valence-electron chi connectivity index (χ0n) is 19.4. The number of benzene rings is 2. The molecule has 5 rings (SSSR count). The average molecular weight is 476 g/mol. The smallest absolute Gasteiger partial charge is 0.335 e. The molecule has 6 nitrogen and oxygen atoms in total. The number of nitrogens with zero attached hydrogens (tertiary/aromatic N) is 3. The third-order valence-corrected chi connectivity index (χ3v) is 7.56. The second kappa shape index (κ2) is 9.97. The van der Waals surface area contributed by atoms with Crippen molar-refractivity contribution in [3.05, 3.63) is 81.5 Å². The monoisotopic (exact) mass is 475 g/mol. The number of imidazole rings is 1. The Kier molecular flexibility index (Phi) is 6.63. The molecule has 0 saturated heterocycles. The van der Waals surface area contributed by atoms with Crippen molar-refractivity contribution in [2.24, 2.45) is 5.92 Å². The first-order valence-electron chi connectivity index (χ1n) is 11.9. The highest BCUT2D eigenvalue weighted by atomic mass is 32.1. The molecular weight excluding hydrogens is 446 g/mol. The lowest BCUT2D eigenvalue weighted by Crippen LogP contribution is -2.29. The molecule has 0 atom stereocenters. The maximum Gasteiger partial charge on any atom is 0.335 e. The summed E-state index contributed by atoms with van der Waals surface area (Å²) >= 11 is 1.68. The van der Waals surface area contributed by atoms with E-state index in [-0.39, 0.29) is 11.6 Å². The van der Waals surface area contributed by atoms with E-state index in [0.717, 1.165) is 38.5 Å². The molecule has 2 aromatic carbocycles. The van der Waals surface area contributed by atoms with Gasteiger partial charge in [-0.05, 0) is 42.5 Å². The number of carbonyl (C=O) groups excluding carboxylic acids is 1. The van der Waals surface area contributed by atoms with Crippen LogP contribution in [-0.2, 0) is 13.2 Å². The predicted molar refractivity (Wildman–Crippen MR) is 135 cm³/mol. The van der Waals surface area contributed by atoms with E-state index in [9.17, 15) is 9.59 Å². The maximum atomic E-state index is 12.7. The molecular formula is C27H29N3O3S. The lowest BCUT2D eigenvalue weighted by Gasteiger charge is -2.08. The van der Waals surface area contributed by atoms with E-state index in [0.29, 0.717) is 25.5 Å². The quantitative estimate of drug-likeness (QED) is 0.323. The molecule has 0 radical (unpaired) electrons. The number of aromatic nitrogens is 3. The SMILES string of the molecule is Cc1nc2cc(OCc3ccc(Cn4ccn(C(=O)CCC5CCCC5)c4=O)cc3)ccc2s1. The number of aryl methyl sites for hydroxylation is 1. The minimum absolute atomic E-state index is 0.103. The van der Waals surface area contributed by atoms with Crippen molar-refractivity contribution in [1.29, 1.82) is 0 Å². The van der Waals surface area contributed by atoms with Gasteiger partial charge in [0, 0.05) is 24.9 Å². The Hall–Kier alpha value is -3.19. The third kappa shape index (κ3) is 5.14. The normalized spacial score (nSPS) is 14.1. The first kappa shape index (κ1) is 22.6. The van der Waals surface area contributed by atoms with E-state index in [2.05, 4.69) is 4.98 Å². The van der Waals surface area contributed by atoms with Crippen molar-refractivity contribution in [2.45, 2.75) is 58.6 Å². The molecule has 0 spiro atoms. The van der Waals surface area contributed by atoms with Gasteiger partial charge in [0.2, 0.25) is 5.91 Å². The van der Waals surface area contributed by atoms with Crippen LogP contribution in [0.3, 0.4) is 0 Å². The molecule has 4 aromatic rings. The highest BCUT2D eigenvalue weighted by Crippen LogP contribution is 2.28. The van der Waals surface area contributed by atoms with E-state index >= 15 is 0 Å². The minimum atomic E-state index is -0.267. The summed E-state index contributed by atoms with van der Waals surface area (Å²) in [5.74, 6) is 1.34. The average Bonchev–Trinajstić information content (AvgIpc) is 3.57. The lowest BCUT2D eigenvalue weighted by atomic mass is 10.0. The number of hydrogen-bond donors (Lipinski definition) is 0. The highest BCUT2D eigenvalue weighted by molar-refractivity contribution is 7.18. The molecule has 0 unspecified atom stereocenters. The molecule has 0 amide bonds. The van der Waals surface area contributed by atoms with Gasteiger partial charge in [0.1, 0.15) is 12.4 Å². The Bertz CT molecular complexity index is 1340. The van der Waals surface area contributed by atoms with E-state index in [1.807, 2.05) is 49.4 Å². The molecule has 2 aromatic heterocycles. The summed E-state index contributed by atoms with van der Waals surface area (Å²) in [5.41, 5.74) is 2.74. The van der Waals surface area contributed by atoms with Gasteiger partial charge in [-0.25, -0.2) is 14.3 Å². The summed E-state index contributed by atoms with van der Waals surface area (Å²) in [6.07, 6.45) is 9.58. The number of hydrogen-bond acceptors (Lipinski definition) is 5. The largest absolute Gasteiger partial charge is 0.489 e. The van der Waals surface area contributed by atoms with Crippen LogP contribution in [-0.4, -0.2) is 20.0 Å². The minimum Gasteiger partial charge on any atom is -0.489 e. The van der Waals surface area contributed by atoms with Crippen LogP contribution in [0.5, 0.6) is 5.75 Å². The van der Waals surface area contributed by atoms with Gasteiger partial charge in [0.25, 0.3) is 0 Å². The Balaban J connectivity index is 1.17. The Labute approximate surface area is 202 Å². The van der Waals surface area contributed by atoms with Crippen LogP contribution in [0.1, 0.15) is 59.5 Å². The molecule has 34 heavy (non-hydrogen) atoms. The van der Waals surface area contributed by atoms with Crippen molar-refractivity contribution in [1.82, 2.24) is 14.1 Å². The molecule has 2 heterocycles. The van der Waals surface area contributed by atoms with Crippen molar-refractivity contribution in [3.8, 4) is 5.75 Å². The molecule has 176 valence electrons. The van der Waals surface area contributed by atoms with Crippen LogP contribution in [0.2, 0.25) is 0 Å². The highest BCUT2D eigenvalue weighted by Gasteiger charge is 2.18. The maximum absolute atomic E-state index is 12.7. The van der Waals surface area contributed by atoms with Crippen LogP contribution in [0.4, 0.5) is 0 Å². The van der Waals surface area contributed by atoms with Gasteiger partial charge in [-0.15, -0.1) is 11.3 Å². The second-order valence-corrected chi connectivity index (χ2v) is 10.4. The standard InChI is InChI=1S/C27H29N3O3S/c1-19-28-24-16-23(11-12-25(24)34-19)33-18-22-8-6-21(7-9-22)17-29-14-15-30(27(29)32)26(31)13-10-20-4-2-3-5-20/h6-9,11-12,14-16,20H,2-5,10,13,17-18H2,1H3. The van der Waals surface area contributed by atoms with Crippen molar-refractivity contribution < 1.29 is 9.53 Å². The summed E-state index contributed by atoms with van der Waals surface area (Å²) in [4.78, 5) is 29.8. The van der Waals surface area contributed by atoms with Crippen LogP contribution < -0.4 is 10.4 Å². The lowest BCUT2D eigenvalue weighted by molar-refractivity contribution is 0.0888. The Morgan fingerprint density at radius 3 is 2.65 bits per heavy atom. The van der Waals surface area contributed by atoms with Gasteiger partial charge in [0.15, 0.2) is 0 Å². The van der Waals surface area contributed by atoms with Gasteiger partial charge in [-0.2, -0.15) is 0 Å². The van der Waals surface area contributed by atoms with Crippen LogP contribution >= 0.6 is 11.3 Å². The topological polar surface area (TPSA) is 66.1 Å². The van der Waals surface area contributed by atoms with Gasteiger partial charge in [-0.1, -0.05) is 49.9 Å². The zero-order chi connectivity index (χ0) is 23.5. The number of rotatable bonds is 8. The molecule has 1 saturated carbocycles. The van der Waals surface area contributed by atoms with Gasteiger partial charge in [-0.3, -0.25) is 9.36 Å². The molecule has 1 aliphatic rings. The van der Waals surface area contributed by atoms with E-state index in [1.165, 1.54) is 30.3 Å². The van der Waals surface area contributed by atoms with Crippen molar-refractivity contribution >= 4 is 27.5 Å².